The molecule has 1 heterocycles. The summed E-state index contributed by atoms with van der Waals surface area (Å²) in [5, 5.41) is 0.844. The molecule has 0 fully saturated rings. The number of carbonyl (C=O) groups excluding carboxylic acids is 1. The molecule has 0 bridgehead atoms. The van der Waals surface area contributed by atoms with Crippen LogP contribution < -0.4 is 10.4 Å². The van der Waals surface area contributed by atoms with Crippen molar-refractivity contribution in [3.8, 4) is 5.75 Å². The van der Waals surface area contributed by atoms with E-state index in [0.717, 1.165) is 16.5 Å². The minimum atomic E-state index is -0.358. The molecule has 0 amide bonds. The van der Waals surface area contributed by atoms with Gasteiger partial charge in [-0.2, -0.15) is 0 Å². The molecule has 24 heavy (non-hydrogen) atoms. The number of hydrogen-bond donors (Lipinski definition) is 0. The van der Waals surface area contributed by atoms with Gasteiger partial charge in [-0.15, -0.1) is 0 Å². The van der Waals surface area contributed by atoms with Crippen LogP contribution in [0.1, 0.15) is 30.0 Å². The molecule has 0 atom stereocenters. The molecule has 0 saturated heterocycles. The fourth-order valence-electron chi connectivity index (χ4n) is 2.65. The van der Waals surface area contributed by atoms with Crippen LogP contribution in [0.25, 0.3) is 11.0 Å². The zero-order chi connectivity index (χ0) is 17.1. The van der Waals surface area contributed by atoms with E-state index in [1.54, 1.807) is 19.1 Å². The minimum absolute atomic E-state index is 0.289. The number of carbonyl (C=O) groups is 1. The number of esters is 1. The Bertz CT molecular complexity index is 939. The van der Waals surface area contributed by atoms with E-state index in [1.807, 2.05) is 43.3 Å². The van der Waals surface area contributed by atoms with Crippen molar-refractivity contribution in [1.82, 2.24) is 0 Å². The summed E-state index contributed by atoms with van der Waals surface area (Å²) < 4.78 is 10.6. The Labute approximate surface area is 139 Å². The van der Waals surface area contributed by atoms with E-state index in [-0.39, 0.29) is 18.0 Å². The van der Waals surface area contributed by atoms with E-state index >= 15 is 0 Å². The van der Waals surface area contributed by atoms with Gasteiger partial charge >= 0.3 is 11.6 Å². The van der Waals surface area contributed by atoms with Gasteiger partial charge in [-0.05, 0) is 30.2 Å². The highest BCUT2D eigenvalue weighted by molar-refractivity contribution is 5.83. The van der Waals surface area contributed by atoms with Gasteiger partial charge < -0.3 is 9.15 Å². The number of rotatable bonds is 4. The van der Waals surface area contributed by atoms with Gasteiger partial charge in [-0.3, -0.25) is 4.79 Å². The highest BCUT2D eigenvalue weighted by Gasteiger charge is 2.13. The van der Waals surface area contributed by atoms with Crippen LogP contribution in [-0.2, 0) is 11.2 Å². The van der Waals surface area contributed by atoms with Crippen molar-refractivity contribution in [1.29, 1.82) is 0 Å². The van der Waals surface area contributed by atoms with Gasteiger partial charge in [-0.1, -0.05) is 37.3 Å². The van der Waals surface area contributed by atoms with Gasteiger partial charge in [0, 0.05) is 29.9 Å². The van der Waals surface area contributed by atoms with Gasteiger partial charge in [0.25, 0.3) is 0 Å². The molecule has 0 N–H and O–H groups in total. The van der Waals surface area contributed by atoms with Crippen LogP contribution in [0.15, 0.2) is 57.7 Å². The minimum Gasteiger partial charge on any atom is -0.426 e. The Balaban J connectivity index is 2.03. The van der Waals surface area contributed by atoms with Crippen LogP contribution in [0.3, 0.4) is 0 Å². The zero-order valence-electron chi connectivity index (χ0n) is 13.7. The molecule has 0 aliphatic carbocycles. The quantitative estimate of drug-likeness (QED) is 0.414. The summed E-state index contributed by atoms with van der Waals surface area (Å²) in [5.41, 5.74) is 2.66. The maximum absolute atomic E-state index is 12.4. The molecule has 4 heteroatoms. The van der Waals surface area contributed by atoms with E-state index < -0.39 is 0 Å². The average molecular weight is 322 g/mol. The summed E-state index contributed by atoms with van der Waals surface area (Å²) >= 11 is 0. The molecule has 0 radical (unpaired) electrons. The fourth-order valence-corrected chi connectivity index (χ4v) is 2.65. The Kier molecular flexibility index (Phi) is 4.47. The third kappa shape index (κ3) is 3.23. The first-order valence-corrected chi connectivity index (χ1v) is 7.89. The average Bonchev–Trinajstić information content (AvgIpc) is 2.59. The lowest BCUT2D eigenvalue weighted by Gasteiger charge is -2.09. The monoisotopic (exact) mass is 322 g/mol. The normalized spacial score (nSPS) is 10.8. The van der Waals surface area contributed by atoms with Gasteiger partial charge in [0.05, 0.1) is 0 Å². The highest BCUT2D eigenvalue weighted by Crippen LogP contribution is 2.25. The third-order valence-corrected chi connectivity index (χ3v) is 4.00. The zero-order valence-corrected chi connectivity index (χ0v) is 13.7. The van der Waals surface area contributed by atoms with Crippen molar-refractivity contribution in [3.05, 3.63) is 75.6 Å². The van der Waals surface area contributed by atoms with Crippen LogP contribution in [-0.4, -0.2) is 5.97 Å². The molecular weight excluding hydrogens is 304 g/mol. The van der Waals surface area contributed by atoms with E-state index in [9.17, 15) is 9.59 Å². The molecule has 0 aliphatic rings. The number of ether oxygens (including phenoxy) is 1. The predicted octanol–water partition coefficient (Wildman–Crippen LogP) is 4.01. The second-order valence-corrected chi connectivity index (χ2v) is 5.64. The molecule has 0 unspecified atom stereocenters. The molecular formula is C20H18O4. The molecule has 3 rings (SSSR count). The molecule has 0 spiro atoms. The maximum atomic E-state index is 12.4. The summed E-state index contributed by atoms with van der Waals surface area (Å²) in [7, 11) is 0. The summed E-state index contributed by atoms with van der Waals surface area (Å²) in [5.74, 6) is 0.0572. The number of hydrogen-bond acceptors (Lipinski definition) is 4. The molecule has 4 nitrogen and oxygen atoms in total. The van der Waals surface area contributed by atoms with Gasteiger partial charge in [0.2, 0.25) is 0 Å². The van der Waals surface area contributed by atoms with Crippen molar-refractivity contribution in [2.75, 3.05) is 0 Å². The molecule has 2 aromatic carbocycles. The largest absolute Gasteiger partial charge is 0.426 e. The lowest BCUT2D eigenvalue weighted by molar-refractivity contribution is -0.134. The van der Waals surface area contributed by atoms with E-state index in [2.05, 4.69) is 0 Å². The smallest absolute Gasteiger partial charge is 0.340 e. The van der Waals surface area contributed by atoms with Crippen molar-refractivity contribution >= 4 is 16.9 Å². The summed E-state index contributed by atoms with van der Waals surface area (Å²) in [6.07, 6.45) is 0.814. The van der Waals surface area contributed by atoms with Gasteiger partial charge in [-0.25, -0.2) is 4.79 Å². The lowest BCUT2D eigenvalue weighted by atomic mass is 10.00. The predicted molar refractivity (Wildman–Crippen MR) is 92.4 cm³/mol. The number of benzene rings is 2. The maximum Gasteiger partial charge on any atom is 0.340 e. The van der Waals surface area contributed by atoms with Crippen molar-refractivity contribution in [3.63, 3.8) is 0 Å². The van der Waals surface area contributed by atoms with Crippen LogP contribution >= 0.6 is 0 Å². The molecule has 0 aliphatic heterocycles. The Morgan fingerprint density at radius 1 is 1.12 bits per heavy atom. The van der Waals surface area contributed by atoms with E-state index in [4.69, 9.17) is 9.15 Å². The van der Waals surface area contributed by atoms with E-state index in [1.165, 1.54) is 0 Å². The summed E-state index contributed by atoms with van der Waals surface area (Å²) in [4.78, 5) is 23.8. The second kappa shape index (κ2) is 6.71. The fraction of sp³-hybridized carbons (Fsp3) is 0.200. The summed E-state index contributed by atoms with van der Waals surface area (Å²) in [6, 6.07) is 14.9. The van der Waals surface area contributed by atoms with Crippen LogP contribution in [0.5, 0.6) is 5.75 Å². The second-order valence-electron chi connectivity index (χ2n) is 5.64. The van der Waals surface area contributed by atoms with Crippen LogP contribution in [0.2, 0.25) is 0 Å². The van der Waals surface area contributed by atoms with Crippen LogP contribution in [0.4, 0.5) is 0 Å². The van der Waals surface area contributed by atoms with Gasteiger partial charge in [0.15, 0.2) is 0 Å². The van der Waals surface area contributed by atoms with Crippen molar-refractivity contribution in [2.24, 2.45) is 0 Å². The number of fused-ring (bicyclic) bond motifs is 1. The topological polar surface area (TPSA) is 56.5 Å². The Hall–Kier alpha value is -2.88. The van der Waals surface area contributed by atoms with Crippen molar-refractivity contribution in [2.45, 2.75) is 26.7 Å². The Morgan fingerprint density at radius 3 is 2.58 bits per heavy atom. The SMILES string of the molecule is CCC(=O)Oc1ccc2c(C)c(Cc3ccccc3)c(=O)oc2c1. The van der Waals surface area contributed by atoms with Crippen molar-refractivity contribution < 1.29 is 13.9 Å². The lowest BCUT2D eigenvalue weighted by Crippen LogP contribution is -2.11. The molecule has 122 valence electrons. The molecule has 0 saturated carbocycles. The third-order valence-electron chi connectivity index (χ3n) is 4.00. The standard InChI is InChI=1S/C20H18O4/c1-3-19(21)23-15-9-10-16-13(2)17(20(22)24-18(16)12-15)11-14-7-5-4-6-8-14/h4-10,12H,3,11H2,1-2H3. The van der Waals surface area contributed by atoms with Crippen LogP contribution in [0, 0.1) is 6.92 Å². The first kappa shape index (κ1) is 16.0. The molecule has 1 aromatic heterocycles. The Morgan fingerprint density at radius 2 is 1.88 bits per heavy atom. The summed E-state index contributed by atoms with van der Waals surface area (Å²) in [6.45, 7) is 3.64. The van der Waals surface area contributed by atoms with Gasteiger partial charge in [0.1, 0.15) is 11.3 Å². The highest BCUT2D eigenvalue weighted by atomic mass is 16.5. The molecule has 3 aromatic rings. The first-order chi connectivity index (χ1) is 11.6. The van der Waals surface area contributed by atoms with E-state index in [0.29, 0.717) is 23.3 Å². The number of aryl methyl sites for hydroxylation is 1. The first-order valence-electron chi connectivity index (χ1n) is 7.89.